The van der Waals surface area contributed by atoms with Crippen LogP contribution in [0.1, 0.15) is 37.0 Å². The van der Waals surface area contributed by atoms with Crippen LogP contribution in [0.4, 0.5) is 0 Å². The topological polar surface area (TPSA) is 123 Å². The molecule has 8 heteroatoms. The average molecular weight is 255 g/mol. The summed E-state index contributed by atoms with van der Waals surface area (Å²) in [4.78, 5) is 22.5. The molecule has 0 bridgehead atoms. The van der Waals surface area contributed by atoms with Crippen LogP contribution in [-0.2, 0) is 17.9 Å². The van der Waals surface area contributed by atoms with Gasteiger partial charge >= 0.3 is 5.97 Å². The molecule has 0 aromatic carbocycles. The van der Waals surface area contributed by atoms with Crippen molar-refractivity contribution >= 4 is 11.9 Å². The van der Waals surface area contributed by atoms with Crippen molar-refractivity contribution < 1.29 is 14.7 Å². The average Bonchev–Trinajstić information content (AvgIpc) is 2.57. The van der Waals surface area contributed by atoms with Crippen molar-refractivity contribution in [3.05, 3.63) is 11.4 Å². The Morgan fingerprint density at radius 2 is 2.06 bits per heavy atom. The molecule has 0 atom stereocenters. The standard InChI is InChI=1S/C10H17N5O3/c1-10(2,3)12-7(16)5-15-6(4-11)8(9(17)18)13-14-15/h4-5,11H2,1-3H3,(H,12,16)(H,17,18). The first-order chi connectivity index (χ1) is 8.24. The molecule has 0 saturated heterocycles. The number of aromatic nitrogens is 3. The molecule has 0 spiro atoms. The lowest BCUT2D eigenvalue weighted by Crippen LogP contribution is -2.42. The van der Waals surface area contributed by atoms with Gasteiger partial charge in [-0.15, -0.1) is 5.10 Å². The highest BCUT2D eigenvalue weighted by atomic mass is 16.4. The van der Waals surface area contributed by atoms with Gasteiger partial charge in [-0.2, -0.15) is 0 Å². The molecule has 1 aromatic rings. The summed E-state index contributed by atoms with van der Waals surface area (Å²) in [6.07, 6.45) is 0. The molecular weight excluding hydrogens is 238 g/mol. The van der Waals surface area contributed by atoms with Crippen molar-refractivity contribution in [3.63, 3.8) is 0 Å². The summed E-state index contributed by atoms with van der Waals surface area (Å²) in [6, 6.07) is 0. The molecule has 0 fully saturated rings. The number of aromatic carboxylic acids is 1. The van der Waals surface area contributed by atoms with Gasteiger partial charge in [0.05, 0.1) is 5.69 Å². The predicted molar refractivity (Wildman–Crippen MR) is 62.8 cm³/mol. The molecule has 0 aliphatic carbocycles. The largest absolute Gasteiger partial charge is 0.476 e. The Morgan fingerprint density at radius 1 is 1.44 bits per heavy atom. The highest BCUT2D eigenvalue weighted by Gasteiger charge is 2.20. The van der Waals surface area contributed by atoms with Crippen LogP contribution in [0, 0.1) is 0 Å². The van der Waals surface area contributed by atoms with Crippen molar-refractivity contribution in [3.8, 4) is 0 Å². The van der Waals surface area contributed by atoms with Gasteiger partial charge in [-0.1, -0.05) is 5.21 Å². The lowest BCUT2D eigenvalue weighted by molar-refractivity contribution is -0.123. The first kappa shape index (κ1) is 14.1. The number of carbonyl (C=O) groups excluding carboxylic acids is 1. The van der Waals surface area contributed by atoms with Gasteiger partial charge in [-0.3, -0.25) is 4.79 Å². The number of carbonyl (C=O) groups is 2. The summed E-state index contributed by atoms with van der Waals surface area (Å²) in [6.45, 7) is 5.39. The smallest absolute Gasteiger partial charge is 0.358 e. The van der Waals surface area contributed by atoms with E-state index in [4.69, 9.17) is 10.8 Å². The van der Waals surface area contributed by atoms with E-state index in [9.17, 15) is 9.59 Å². The first-order valence-corrected chi connectivity index (χ1v) is 5.41. The second-order valence-corrected chi connectivity index (χ2v) is 4.85. The zero-order valence-corrected chi connectivity index (χ0v) is 10.6. The predicted octanol–water partition coefficient (Wildman–Crippen LogP) is -0.650. The number of nitrogens with zero attached hydrogens (tertiary/aromatic N) is 3. The van der Waals surface area contributed by atoms with E-state index in [1.54, 1.807) is 0 Å². The lowest BCUT2D eigenvalue weighted by atomic mass is 10.1. The summed E-state index contributed by atoms with van der Waals surface area (Å²) in [7, 11) is 0. The maximum Gasteiger partial charge on any atom is 0.358 e. The normalized spacial score (nSPS) is 11.3. The summed E-state index contributed by atoms with van der Waals surface area (Å²) < 4.78 is 1.20. The minimum Gasteiger partial charge on any atom is -0.476 e. The third-order valence-electron chi connectivity index (χ3n) is 2.04. The van der Waals surface area contributed by atoms with Crippen molar-refractivity contribution in [2.45, 2.75) is 39.4 Å². The van der Waals surface area contributed by atoms with Gasteiger partial charge in [0.1, 0.15) is 6.54 Å². The Bertz CT molecular complexity index is 461. The highest BCUT2D eigenvalue weighted by Crippen LogP contribution is 2.05. The van der Waals surface area contributed by atoms with Crippen molar-refractivity contribution in [1.82, 2.24) is 20.3 Å². The van der Waals surface area contributed by atoms with Crippen LogP contribution in [0.25, 0.3) is 0 Å². The van der Waals surface area contributed by atoms with Crippen LogP contribution in [-0.4, -0.2) is 37.5 Å². The van der Waals surface area contributed by atoms with E-state index in [1.165, 1.54) is 4.68 Å². The molecule has 1 amide bonds. The number of rotatable bonds is 4. The Hall–Kier alpha value is -1.96. The van der Waals surface area contributed by atoms with Crippen molar-refractivity contribution in [2.75, 3.05) is 0 Å². The minimum atomic E-state index is -1.21. The molecule has 1 heterocycles. The molecular formula is C10H17N5O3. The summed E-state index contributed by atoms with van der Waals surface area (Å²) in [5.41, 5.74) is 5.08. The fourth-order valence-corrected chi connectivity index (χ4v) is 1.42. The highest BCUT2D eigenvalue weighted by molar-refractivity contribution is 5.86. The summed E-state index contributed by atoms with van der Waals surface area (Å²) in [5.74, 6) is -1.49. The summed E-state index contributed by atoms with van der Waals surface area (Å²) >= 11 is 0. The number of hydrogen-bond acceptors (Lipinski definition) is 5. The minimum absolute atomic E-state index is 0.0442. The van der Waals surface area contributed by atoms with Crippen LogP contribution in [0.2, 0.25) is 0 Å². The Labute approximate surface area is 104 Å². The van der Waals surface area contributed by atoms with E-state index in [0.29, 0.717) is 0 Å². The number of hydrogen-bond donors (Lipinski definition) is 3. The molecule has 8 nitrogen and oxygen atoms in total. The zero-order chi connectivity index (χ0) is 13.9. The summed E-state index contributed by atoms with van der Waals surface area (Å²) in [5, 5.41) is 18.7. The van der Waals surface area contributed by atoms with Crippen molar-refractivity contribution in [1.29, 1.82) is 0 Å². The van der Waals surface area contributed by atoms with Gasteiger partial charge in [-0.25, -0.2) is 9.48 Å². The van der Waals surface area contributed by atoms with E-state index >= 15 is 0 Å². The van der Waals surface area contributed by atoms with E-state index in [1.807, 2.05) is 20.8 Å². The molecule has 1 rings (SSSR count). The third-order valence-corrected chi connectivity index (χ3v) is 2.04. The van der Waals surface area contributed by atoms with Gasteiger partial charge in [0.15, 0.2) is 5.69 Å². The fourth-order valence-electron chi connectivity index (χ4n) is 1.42. The third kappa shape index (κ3) is 3.52. The van der Waals surface area contributed by atoms with Crippen molar-refractivity contribution in [2.24, 2.45) is 5.73 Å². The van der Waals surface area contributed by atoms with Gasteiger partial charge in [0.2, 0.25) is 5.91 Å². The second kappa shape index (κ2) is 5.13. The molecule has 100 valence electrons. The maximum absolute atomic E-state index is 11.7. The zero-order valence-electron chi connectivity index (χ0n) is 10.6. The maximum atomic E-state index is 11.7. The fraction of sp³-hybridized carbons (Fsp3) is 0.600. The van der Waals surface area contributed by atoms with Crippen LogP contribution in [0.3, 0.4) is 0 Å². The number of carboxylic acids is 1. The lowest BCUT2D eigenvalue weighted by Gasteiger charge is -2.20. The molecule has 0 unspecified atom stereocenters. The monoisotopic (exact) mass is 255 g/mol. The Balaban J connectivity index is 2.85. The SMILES string of the molecule is CC(C)(C)NC(=O)Cn1nnc(C(=O)O)c1CN. The van der Waals surface area contributed by atoms with Gasteiger partial charge < -0.3 is 16.2 Å². The van der Waals surface area contributed by atoms with E-state index in [2.05, 4.69) is 15.6 Å². The number of carboxylic acid groups (broad SMARTS) is 1. The van der Waals surface area contributed by atoms with Gasteiger partial charge in [0.25, 0.3) is 0 Å². The van der Waals surface area contributed by atoms with E-state index in [0.717, 1.165) is 0 Å². The quantitative estimate of drug-likeness (QED) is 0.657. The number of amides is 1. The molecule has 0 aliphatic rings. The van der Waals surface area contributed by atoms with Crippen LogP contribution < -0.4 is 11.1 Å². The molecule has 0 aliphatic heterocycles. The molecule has 0 saturated carbocycles. The van der Waals surface area contributed by atoms with E-state index < -0.39 is 5.97 Å². The van der Waals surface area contributed by atoms with E-state index in [-0.39, 0.29) is 35.9 Å². The van der Waals surface area contributed by atoms with Gasteiger partial charge in [-0.05, 0) is 20.8 Å². The van der Waals surface area contributed by atoms with Gasteiger partial charge in [0, 0.05) is 12.1 Å². The first-order valence-electron chi connectivity index (χ1n) is 5.41. The second-order valence-electron chi connectivity index (χ2n) is 4.85. The number of nitrogens with one attached hydrogen (secondary N) is 1. The van der Waals surface area contributed by atoms with Crippen LogP contribution in [0.5, 0.6) is 0 Å². The van der Waals surface area contributed by atoms with Crippen LogP contribution in [0.15, 0.2) is 0 Å². The molecule has 18 heavy (non-hydrogen) atoms. The Morgan fingerprint density at radius 3 is 2.50 bits per heavy atom. The molecule has 0 radical (unpaired) electrons. The molecule has 4 N–H and O–H groups in total. The number of nitrogens with two attached hydrogens (primary N) is 1. The van der Waals surface area contributed by atoms with Crippen LogP contribution >= 0.6 is 0 Å². The molecule has 1 aromatic heterocycles. The Kier molecular flexibility index (Phi) is 4.02.